The molecule has 0 fully saturated rings. The Hall–Kier alpha value is -0.990. The van der Waals surface area contributed by atoms with Gasteiger partial charge in [-0.3, -0.25) is 4.79 Å². The maximum Gasteiger partial charge on any atom is 0.244 e. The Morgan fingerprint density at radius 3 is 2.82 bits per heavy atom. The number of halogens is 2. The molecule has 0 aliphatic carbocycles. The molecule has 0 aliphatic rings. The Morgan fingerprint density at radius 1 is 1.47 bits per heavy atom. The van der Waals surface area contributed by atoms with E-state index in [2.05, 4.69) is 5.32 Å². The average molecular weight is 272 g/mol. The van der Waals surface area contributed by atoms with Gasteiger partial charge in [0.05, 0.1) is 0 Å². The van der Waals surface area contributed by atoms with Gasteiger partial charge in [0.25, 0.3) is 0 Å². The Balaban J connectivity index is 2.70. The Bertz CT molecular complexity index is 429. The maximum atomic E-state index is 11.5. The molecule has 1 amide bonds. The summed E-state index contributed by atoms with van der Waals surface area (Å²) < 4.78 is 0. The van der Waals surface area contributed by atoms with E-state index >= 15 is 0 Å². The summed E-state index contributed by atoms with van der Waals surface area (Å²) in [5.41, 5.74) is 0.735. The minimum absolute atomic E-state index is 0.129. The van der Waals surface area contributed by atoms with Crippen molar-refractivity contribution >= 4 is 35.2 Å². The summed E-state index contributed by atoms with van der Waals surface area (Å²) in [6.07, 6.45) is 4.02. The van der Waals surface area contributed by atoms with Gasteiger partial charge in [0, 0.05) is 22.2 Å². The van der Waals surface area contributed by atoms with Crippen LogP contribution < -0.4 is 5.32 Å². The van der Waals surface area contributed by atoms with E-state index in [-0.39, 0.29) is 11.9 Å². The van der Waals surface area contributed by atoms with Crippen LogP contribution in [0.2, 0.25) is 10.0 Å². The summed E-state index contributed by atoms with van der Waals surface area (Å²) in [6.45, 7) is 3.97. The average Bonchev–Trinajstić information content (AvgIpc) is 2.30. The van der Waals surface area contributed by atoms with E-state index in [1.807, 2.05) is 13.8 Å². The minimum atomic E-state index is -0.129. The standard InChI is InChI=1S/C13H15Cl2NO/c1-3-9(2)16-13(17)7-4-10-8-11(14)5-6-12(10)15/h4-9H,3H2,1-2H3,(H,16,17)/b7-4+. The molecule has 1 unspecified atom stereocenters. The van der Waals surface area contributed by atoms with Crippen LogP contribution >= 0.6 is 23.2 Å². The molecule has 0 bridgehead atoms. The molecule has 0 heterocycles. The SMILES string of the molecule is CCC(C)NC(=O)/C=C/c1cc(Cl)ccc1Cl. The summed E-state index contributed by atoms with van der Waals surface area (Å²) >= 11 is 11.8. The molecule has 0 spiro atoms. The smallest absolute Gasteiger partial charge is 0.244 e. The number of amides is 1. The highest BCUT2D eigenvalue weighted by Crippen LogP contribution is 2.21. The maximum absolute atomic E-state index is 11.5. The van der Waals surface area contributed by atoms with Crippen LogP contribution in [0.25, 0.3) is 6.08 Å². The van der Waals surface area contributed by atoms with Crippen LogP contribution in [0.5, 0.6) is 0 Å². The lowest BCUT2D eigenvalue weighted by atomic mass is 10.2. The normalized spacial score (nSPS) is 12.7. The lowest BCUT2D eigenvalue weighted by molar-refractivity contribution is -0.117. The summed E-state index contributed by atoms with van der Waals surface area (Å²) in [4.78, 5) is 11.5. The molecular weight excluding hydrogens is 257 g/mol. The summed E-state index contributed by atoms with van der Waals surface area (Å²) in [5.74, 6) is -0.129. The first kappa shape index (κ1) is 14.1. The fraction of sp³-hybridized carbons (Fsp3) is 0.308. The zero-order chi connectivity index (χ0) is 12.8. The molecule has 0 aromatic heterocycles. The highest BCUT2D eigenvalue weighted by molar-refractivity contribution is 6.34. The fourth-order valence-corrected chi connectivity index (χ4v) is 1.56. The monoisotopic (exact) mass is 271 g/mol. The van der Waals surface area contributed by atoms with Crippen LogP contribution in [0, 0.1) is 0 Å². The van der Waals surface area contributed by atoms with Crippen molar-refractivity contribution < 1.29 is 4.79 Å². The van der Waals surface area contributed by atoms with Gasteiger partial charge in [-0.2, -0.15) is 0 Å². The number of carbonyl (C=O) groups is 1. The van der Waals surface area contributed by atoms with Crippen molar-refractivity contribution in [1.82, 2.24) is 5.32 Å². The van der Waals surface area contributed by atoms with E-state index in [4.69, 9.17) is 23.2 Å². The Labute approximate surface area is 112 Å². The van der Waals surface area contributed by atoms with E-state index in [1.165, 1.54) is 6.08 Å². The molecule has 0 aliphatic heterocycles. The highest BCUT2D eigenvalue weighted by Gasteiger charge is 2.02. The zero-order valence-electron chi connectivity index (χ0n) is 9.84. The predicted octanol–water partition coefficient (Wildman–Crippen LogP) is 3.92. The van der Waals surface area contributed by atoms with Crippen molar-refractivity contribution in [1.29, 1.82) is 0 Å². The summed E-state index contributed by atoms with van der Waals surface area (Å²) in [7, 11) is 0. The van der Waals surface area contributed by atoms with Gasteiger partial charge in [0.2, 0.25) is 5.91 Å². The molecule has 0 radical (unpaired) electrons. The second kappa shape index (κ2) is 6.67. The van der Waals surface area contributed by atoms with Gasteiger partial charge in [-0.1, -0.05) is 30.1 Å². The third kappa shape index (κ3) is 4.80. The van der Waals surface area contributed by atoms with Gasteiger partial charge in [0.1, 0.15) is 0 Å². The van der Waals surface area contributed by atoms with Crippen LogP contribution in [0.4, 0.5) is 0 Å². The second-order valence-corrected chi connectivity index (χ2v) is 4.66. The molecule has 1 atom stereocenters. The van der Waals surface area contributed by atoms with Gasteiger partial charge < -0.3 is 5.32 Å². The molecule has 1 aromatic carbocycles. The molecule has 1 rings (SSSR count). The van der Waals surface area contributed by atoms with Crippen LogP contribution in [0.15, 0.2) is 24.3 Å². The third-order valence-electron chi connectivity index (χ3n) is 2.37. The van der Waals surface area contributed by atoms with Crippen molar-refractivity contribution in [2.45, 2.75) is 26.3 Å². The molecular formula is C13H15Cl2NO. The Kier molecular flexibility index (Phi) is 5.52. The number of rotatable bonds is 4. The molecule has 0 saturated heterocycles. The Morgan fingerprint density at radius 2 is 2.18 bits per heavy atom. The van der Waals surface area contributed by atoms with Crippen molar-refractivity contribution in [2.24, 2.45) is 0 Å². The molecule has 2 nitrogen and oxygen atoms in total. The largest absolute Gasteiger partial charge is 0.350 e. The number of hydrogen-bond donors (Lipinski definition) is 1. The van der Waals surface area contributed by atoms with Gasteiger partial charge >= 0.3 is 0 Å². The van der Waals surface area contributed by atoms with Gasteiger partial charge in [-0.25, -0.2) is 0 Å². The van der Waals surface area contributed by atoms with Gasteiger partial charge in [-0.15, -0.1) is 0 Å². The van der Waals surface area contributed by atoms with E-state index < -0.39 is 0 Å². The summed E-state index contributed by atoms with van der Waals surface area (Å²) in [6, 6.07) is 5.30. The minimum Gasteiger partial charge on any atom is -0.350 e. The molecule has 1 N–H and O–H groups in total. The third-order valence-corrected chi connectivity index (χ3v) is 2.95. The molecule has 17 heavy (non-hydrogen) atoms. The highest BCUT2D eigenvalue weighted by atomic mass is 35.5. The van der Waals surface area contributed by atoms with Gasteiger partial charge in [0.15, 0.2) is 0 Å². The first-order chi connectivity index (χ1) is 8.02. The van der Waals surface area contributed by atoms with Crippen LogP contribution in [0.3, 0.4) is 0 Å². The number of carbonyl (C=O) groups excluding carboxylic acids is 1. The quantitative estimate of drug-likeness (QED) is 0.827. The summed E-state index contributed by atoms with van der Waals surface area (Å²) in [5, 5.41) is 4.00. The lowest BCUT2D eigenvalue weighted by Crippen LogP contribution is -2.30. The molecule has 0 saturated carbocycles. The van der Waals surface area contributed by atoms with Crippen LogP contribution in [-0.2, 0) is 4.79 Å². The number of hydrogen-bond acceptors (Lipinski definition) is 1. The molecule has 1 aromatic rings. The number of benzene rings is 1. The van der Waals surface area contributed by atoms with Crippen molar-refractivity contribution in [2.75, 3.05) is 0 Å². The van der Waals surface area contributed by atoms with Gasteiger partial charge in [-0.05, 0) is 43.2 Å². The molecule has 4 heteroatoms. The number of nitrogens with one attached hydrogen (secondary N) is 1. The van der Waals surface area contributed by atoms with E-state index in [9.17, 15) is 4.79 Å². The first-order valence-electron chi connectivity index (χ1n) is 5.46. The zero-order valence-corrected chi connectivity index (χ0v) is 11.3. The first-order valence-corrected chi connectivity index (χ1v) is 6.22. The van der Waals surface area contributed by atoms with Crippen molar-refractivity contribution in [3.63, 3.8) is 0 Å². The lowest BCUT2D eigenvalue weighted by Gasteiger charge is -2.08. The van der Waals surface area contributed by atoms with Crippen molar-refractivity contribution in [3.05, 3.63) is 39.9 Å². The fourth-order valence-electron chi connectivity index (χ4n) is 1.20. The van der Waals surface area contributed by atoms with E-state index in [0.717, 1.165) is 12.0 Å². The topological polar surface area (TPSA) is 29.1 Å². The predicted molar refractivity (Wildman–Crippen MR) is 73.4 cm³/mol. The van der Waals surface area contributed by atoms with Crippen molar-refractivity contribution in [3.8, 4) is 0 Å². The van der Waals surface area contributed by atoms with E-state index in [0.29, 0.717) is 10.0 Å². The second-order valence-electron chi connectivity index (χ2n) is 3.82. The molecule has 92 valence electrons. The van der Waals surface area contributed by atoms with E-state index in [1.54, 1.807) is 24.3 Å². The van der Waals surface area contributed by atoms with Crippen LogP contribution in [-0.4, -0.2) is 11.9 Å². The van der Waals surface area contributed by atoms with Crippen LogP contribution in [0.1, 0.15) is 25.8 Å².